The molecule has 0 spiro atoms. The largest absolute Gasteiger partial charge is 0.377 e. The summed E-state index contributed by atoms with van der Waals surface area (Å²) in [5.41, 5.74) is 2.76. The van der Waals surface area contributed by atoms with E-state index in [9.17, 15) is 9.59 Å². The second kappa shape index (κ2) is 10.2. The van der Waals surface area contributed by atoms with E-state index in [1.165, 1.54) is 0 Å². The third kappa shape index (κ3) is 6.45. The molecule has 1 unspecified atom stereocenters. The van der Waals surface area contributed by atoms with Crippen LogP contribution in [-0.4, -0.2) is 43.5 Å². The van der Waals surface area contributed by atoms with Crippen LogP contribution in [0.4, 0.5) is 16.2 Å². The van der Waals surface area contributed by atoms with E-state index >= 15 is 0 Å². The van der Waals surface area contributed by atoms with Crippen LogP contribution in [0.25, 0.3) is 0 Å². The van der Waals surface area contributed by atoms with Crippen molar-refractivity contribution in [2.45, 2.75) is 54.1 Å². The molecule has 3 amide bonds. The number of carbonyl (C=O) groups excluding carboxylic acids is 2. The lowest BCUT2D eigenvalue weighted by atomic mass is 10.0. The molecule has 0 saturated heterocycles. The Labute approximate surface area is 164 Å². The van der Waals surface area contributed by atoms with Gasteiger partial charge in [-0.15, -0.1) is 0 Å². The quantitative estimate of drug-likeness (QED) is 0.723. The topological polar surface area (TPSA) is 64.7 Å². The summed E-state index contributed by atoms with van der Waals surface area (Å²) in [5.74, 6) is 0.431. The van der Waals surface area contributed by atoms with E-state index in [1.54, 1.807) is 0 Å². The predicted molar refractivity (Wildman–Crippen MR) is 113 cm³/mol. The molecule has 27 heavy (non-hydrogen) atoms. The first-order chi connectivity index (χ1) is 12.6. The van der Waals surface area contributed by atoms with Gasteiger partial charge in [0.25, 0.3) is 0 Å². The lowest BCUT2D eigenvalue weighted by Gasteiger charge is -2.34. The van der Waals surface area contributed by atoms with E-state index in [4.69, 9.17) is 0 Å². The Hall–Kier alpha value is -2.24. The average Bonchev–Trinajstić information content (AvgIpc) is 2.58. The fourth-order valence-corrected chi connectivity index (χ4v) is 2.86. The predicted octanol–water partition coefficient (Wildman–Crippen LogP) is 3.92. The van der Waals surface area contributed by atoms with Gasteiger partial charge < -0.3 is 20.4 Å². The summed E-state index contributed by atoms with van der Waals surface area (Å²) in [6, 6.07) is 5.71. The van der Waals surface area contributed by atoms with Crippen molar-refractivity contribution in [3.63, 3.8) is 0 Å². The monoisotopic (exact) mass is 376 g/mol. The molecule has 0 aliphatic heterocycles. The number of carbonyl (C=O) groups is 2. The molecule has 1 rings (SSSR count). The minimum atomic E-state index is -0.230. The highest BCUT2D eigenvalue weighted by atomic mass is 16.2. The number of rotatable bonds is 8. The minimum absolute atomic E-state index is 0.0642. The van der Waals surface area contributed by atoms with Gasteiger partial charge in [-0.3, -0.25) is 4.79 Å². The van der Waals surface area contributed by atoms with Gasteiger partial charge in [-0.25, -0.2) is 4.79 Å². The molecule has 0 aliphatic rings. The minimum Gasteiger partial charge on any atom is -0.377 e. The summed E-state index contributed by atoms with van der Waals surface area (Å²) in [7, 11) is 3.96. The molecular weight excluding hydrogens is 340 g/mol. The lowest BCUT2D eigenvalue weighted by molar-refractivity contribution is -0.138. The third-order valence-corrected chi connectivity index (χ3v) is 4.73. The molecule has 0 radical (unpaired) electrons. The maximum absolute atomic E-state index is 12.9. The molecule has 0 heterocycles. The van der Waals surface area contributed by atoms with E-state index in [2.05, 4.69) is 31.4 Å². The number of urea groups is 1. The fraction of sp³-hybridized carbons (Fsp3) is 0.619. The van der Waals surface area contributed by atoms with Gasteiger partial charge in [0.15, 0.2) is 0 Å². The molecule has 0 fully saturated rings. The Bertz CT molecular complexity index is 641. The van der Waals surface area contributed by atoms with Crippen LogP contribution in [0.15, 0.2) is 18.2 Å². The maximum Gasteiger partial charge on any atom is 0.319 e. The Morgan fingerprint density at radius 2 is 1.70 bits per heavy atom. The first-order valence-corrected chi connectivity index (χ1v) is 9.74. The Morgan fingerprint density at radius 1 is 1.07 bits per heavy atom. The van der Waals surface area contributed by atoms with E-state index in [0.717, 1.165) is 16.9 Å². The fourth-order valence-electron chi connectivity index (χ4n) is 2.86. The molecular formula is C21H36N4O2. The van der Waals surface area contributed by atoms with E-state index < -0.39 is 0 Å². The molecule has 0 saturated carbocycles. The van der Waals surface area contributed by atoms with Crippen LogP contribution in [0.1, 0.15) is 47.1 Å². The smallest absolute Gasteiger partial charge is 0.319 e. The zero-order valence-corrected chi connectivity index (χ0v) is 18.1. The van der Waals surface area contributed by atoms with Crippen LogP contribution in [0, 0.1) is 11.8 Å². The summed E-state index contributed by atoms with van der Waals surface area (Å²) in [4.78, 5) is 28.7. The van der Waals surface area contributed by atoms with Crippen molar-refractivity contribution in [2.75, 3.05) is 30.9 Å². The van der Waals surface area contributed by atoms with E-state index in [1.807, 2.05) is 62.9 Å². The van der Waals surface area contributed by atoms with Gasteiger partial charge in [0.05, 0.1) is 0 Å². The highest BCUT2D eigenvalue weighted by Crippen LogP contribution is 2.27. The van der Waals surface area contributed by atoms with Crippen LogP contribution in [0.2, 0.25) is 0 Å². The number of amides is 3. The number of nitrogens with zero attached hydrogens (tertiary/aromatic N) is 2. The van der Waals surface area contributed by atoms with Gasteiger partial charge in [0.1, 0.15) is 0 Å². The van der Waals surface area contributed by atoms with Gasteiger partial charge in [0, 0.05) is 50.5 Å². The molecule has 0 bridgehead atoms. The second-order valence-electron chi connectivity index (χ2n) is 7.83. The van der Waals surface area contributed by atoms with Crippen molar-refractivity contribution >= 4 is 23.3 Å². The standard InChI is InChI=1S/C21H36N4O2/c1-9-22-21(27)23-18-10-11-19(24(7)8)17(12-18)13-25(16(6)14(2)3)20(26)15(4)5/h10-12,14-16H,9,13H2,1-8H3,(H2,22,23,27). The first-order valence-electron chi connectivity index (χ1n) is 9.74. The van der Waals surface area contributed by atoms with Crippen molar-refractivity contribution in [1.82, 2.24) is 10.2 Å². The Kier molecular flexibility index (Phi) is 8.60. The van der Waals surface area contributed by atoms with Crippen molar-refractivity contribution in [1.29, 1.82) is 0 Å². The SMILES string of the molecule is CCNC(=O)Nc1ccc(N(C)C)c(CN(C(=O)C(C)C)C(C)C(C)C)c1. The highest BCUT2D eigenvalue weighted by molar-refractivity contribution is 5.89. The molecule has 6 nitrogen and oxygen atoms in total. The number of hydrogen-bond donors (Lipinski definition) is 2. The van der Waals surface area contributed by atoms with E-state index in [-0.39, 0.29) is 23.9 Å². The maximum atomic E-state index is 12.9. The third-order valence-electron chi connectivity index (χ3n) is 4.73. The number of hydrogen-bond acceptors (Lipinski definition) is 3. The van der Waals surface area contributed by atoms with Crippen LogP contribution >= 0.6 is 0 Å². The van der Waals surface area contributed by atoms with Crippen molar-refractivity contribution < 1.29 is 9.59 Å². The van der Waals surface area contributed by atoms with E-state index in [0.29, 0.717) is 19.0 Å². The van der Waals surface area contributed by atoms with Crippen LogP contribution in [0.5, 0.6) is 0 Å². The van der Waals surface area contributed by atoms with Crippen LogP contribution < -0.4 is 15.5 Å². The van der Waals surface area contributed by atoms with Gasteiger partial charge in [-0.05, 0) is 43.5 Å². The Balaban J connectivity index is 3.24. The molecule has 0 aliphatic carbocycles. The van der Waals surface area contributed by atoms with Crippen LogP contribution in [0.3, 0.4) is 0 Å². The van der Waals surface area contributed by atoms with Gasteiger partial charge in [0.2, 0.25) is 5.91 Å². The molecule has 1 aromatic carbocycles. The summed E-state index contributed by atoms with van der Waals surface area (Å²) in [6.45, 7) is 13.2. The molecule has 6 heteroatoms. The average molecular weight is 377 g/mol. The molecule has 2 N–H and O–H groups in total. The van der Waals surface area contributed by atoms with Crippen molar-refractivity contribution in [3.05, 3.63) is 23.8 Å². The number of nitrogens with one attached hydrogen (secondary N) is 2. The lowest BCUT2D eigenvalue weighted by Crippen LogP contribution is -2.43. The van der Waals surface area contributed by atoms with Gasteiger partial charge in [-0.2, -0.15) is 0 Å². The molecule has 0 aromatic heterocycles. The molecule has 1 aromatic rings. The van der Waals surface area contributed by atoms with Gasteiger partial charge in [-0.1, -0.05) is 27.7 Å². The summed E-state index contributed by atoms with van der Waals surface area (Å²) in [6.07, 6.45) is 0. The summed E-state index contributed by atoms with van der Waals surface area (Å²) < 4.78 is 0. The normalized spacial score (nSPS) is 12.1. The first kappa shape index (κ1) is 22.8. The Morgan fingerprint density at radius 3 is 2.19 bits per heavy atom. The zero-order valence-electron chi connectivity index (χ0n) is 18.1. The summed E-state index contributed by atoms with van der Waals surface area (Å²) >= 11 is 0. The molecule has 152 valence electrons. The summed E-state index contributed by atoms with van der Waals surface area (Å²) in [5, 5.41) is 5.59. The highest BCUT2D eigenvalue weighted by Gasteiger charge is 2.26. The van der Waals surface area contributed by atoms with Gasteiger partial charge >= 0.3 is 6.03 Å². The number of benzene rings is 1. The van der Waals surface area contributed by atoms with Crippen molar-refractivity contribution in [2.24, 2.45) is 11.8 Å². The zero-order chi connectivity index (χ0) is 20.7. The van der Waals surface area contributed by atoms with Crippen LogP contribution in [-0.2, 0) is 11.3 Å². The second-order valence-corrected chi connectivity index (χ2v) is 7.83. The molecule has 1 atom stereocenters. The van der Waals surface area contributed by atoms with Crippen molar-refractivity contribution in [3.8, 4) is 0 Å². The number of anilines is 2.